The number of likely N-dealkylation sites (N-methyl/N-ethyl adjacent to an activating group) is 2. The predicted molar refractivity (Wildman–Crippen MR) is 159 cm³/mol. The normalized spacial score (nSPS) is 12.0. The summed E-state index contributed by atoms with van der Waals surface area (Å²) in [4.78, 5) is 29.8. The third-order valence-corrected chi connectivity index (χ3v) is 5.97. The summed E-state index contributed by atoms with van der Waals surface area (Å²) in [7, 11) is 9.54. The molecule has 1 aromatic carbocycles. The van der Waals surface area contributed by atoms with E-state index in [1.165, 1.54) is 6.08 Å². The van der Waals surface area contributed by atoms with E-state index in [9.17, 15) is 4.79 Å². The number of carbonyl (C=O) groups is 1. The van der Waals surface area contributed by atoms with Gasteiger partial charge in [-0.2, -0.15) is 0 Å². The van der Waals surface area contributed by atoms with Crippen LogP contribution in [0.2, 0.25) is 0 Å². The van der Waals surface area contributed by atoms with Crippen molar-refractivity contribution >= 4 is 52.4 Å². The van der Waals surface area contributed by atoms with Crippen LogP contribution in [0.1, 0.15) is 12.5 Å². The summed E-state index contributed by atoms with van der Waals surface area (Å²) < 4.78 is 7.70. The zero-order valence-electron chi connectivity index (χ0n) is 22.9. The summed E-state index contributed by atoms with van der Waals surface area (Å²) in [6.07, 6.45) is 6.87. The molecule has 10 nitrogen and oxygen atoms in total. The number of pyridine rings is 1. The Hall–Kier alpha value is -4.44. The Morgan fingerprint density at radius 3 is 2.61 bits per heavy atom. The third-order valence-electron chi connectivity index (χ3n) is 5.97. The van der Waals surface area contributed by atoms with Crippen molar-refractivity contribution in [2.45, 2.75) is 6.92 Å². The minimum Gasteiger partial charge on any atom is -0.494 e. The molecular weight excluding hydrogens is 480 g/mol. The van der Waals surface area contributed by atoms with Gasteiger partial charge < -0.3 is 29.7 Å². The maximum atomic E-state index is 12.2. The van der Waals surface area contributed by atoms with Gasteiger partial charge in [-0.25, -0.2) is 9.98 Å². The van der Waals surface area contributed by atoms with E-state index >= 15 is 0 Å². The maximum Gasteiger partial charge on any atom is 0.247 e. The number of ether oxygens (including phenoxy) is 1. The second-order valence-electron chi connectivity index (χ2n) is 8.91. The lowest BCUT2D eigenvalue weighted by Crippen LogP contribution is -2.29. The van der Waals surface area contributed by atoms with Crippen LogP contribution in [0.5, 0.6) is 5.75 Å². The molecule has 2 heterocycles. The quantitative estimate of drug-likeness (QED) is 0.238. The highest BCUT2D eigenvalue weighted by molar-refractivity contribution is 6.05. The van der Waals surface area contributed by atoms with E-state index in [1.807, 2.05) is 70.2 Å². The molecule has 0 aliphatic rings. The van der Waals surface area contributed by atoms with Crippen LogP contribution in [0.4, 0.5) is 17.1 Å². The van der Waals surface area contributed by atoms with Crippen molar-refractivity contribution in [1.29, 1.82) is 0 Å². The molecule has 2 N–H and O–H groups in total. The number of rotatable bonds is 10. The van der Waals surface area contributed by atoms with Crippen molar-refractivity contribution in [1.82, 2.24) is 14.5 Å². The molecule has 0 saturated carbocycles. The fourth-order valence-electron chi connectivity index (χ4n) is 3.92. The average Bonchev–Trinajstić information content (AvgIpc) is 3.25. The summed E-state index contributed by atoms with van der Waals surface area (Å²) in [5, 5.41) is 6.11. The van der Waals surface area contributed by atoms with Crippen molar-refractivity contribution in [3.05, 3.63) is 61.0 Å². The topological polar surface area (TPSA) is 99.4 Å². The number of aromatic nitrogens is 2. The molecule has 0 fully saturated rings. The van der Waals surface area contributed by atoms with Crippen LogP contribution in [0, 0.1) is 0 Å². The Morgan fingerprint density at radius 1 is 1.21 bits per heavy atom. The monoisotopic (exact) mass is 516 g/mol. The summed E-state index contributed by atoms with van der Waals surface area (Å²) in [6.45, 7) is 10.8. The molecule has 38 heavy (non-hydrogen) atoms. The number of amides is 1. The summed E-state index contributed by atoms with van der Waals surface area (Å²) in [5.41, 5.74) is 5.34. The largest absolute Gasteiger partial charge is 0.494 e. The number of hydrogen-bond acceptors (Lipinski definition) is 6. The zero-order valence-corrected chi connectivity index (χ0v) is 22.9. The van der Waals surface area contributed by atoms with E-state index in [0.717, 1.165) is 35.4 Å². The molecular formula is C28H36N8O2. The number of anilines is 3. The maximum absolute atomic E-state index is 12.2. The molecule has 0 radical (unpaired) electrons. The highest BCUT2D eigenvalue weighted by Crippen LogP contribution is 2.37. The molecule has 0 aliphatic heterocycles. The number of carbonyl (C=O) groups excluding carboxylic acids is 1. The number of aryl methyl sites for hydroxylation is 1. The summed E-state index contributed by atoms with van der Waals surface area (Å²) in [6, 6.07) is 7.56. The number of guanidine groups is 1. The van der Waals surface area contributed by atoms with E-state index in [4.69, 9.17) is 9.73 Å². The number of benzene rings is 1. The number of nitrogens with zero attached hydrogens (tertiary/aromatic N) is 6. The van der Waals surface area contributed by atoms with Crippen molar-refractivity contribution in [3.63, 3.8) is 0 Å². The number of nitrogens with one attached hydrogen (secondary N) is 2. The molecule has 2 aromatic heterocycles. The molecule has 0 saturated heterocycles. The van der Waals surface area contributed by atoms with E-state index < -0.39 is 0 Å². The van der Waals surface area contributed by atoms with Crippen molar-refractivity contribution in [2.24, 2.45) is 17.0 Å². The Bertz CT molecular complexity index is 1390. The van der Waals surface area contributed by atoms with Gasteiger partial charge in [-0.1, -0.05) is 12.7 Å². The van der Waals surface area contributed by atoms with Crippen LogP contribution in [-0.4, -0.2) is 74.4 Å². The molecule has 1 amide bonds. The second kappa shape index (κ2) is 12.7. The zero-order chi connectivity index (χ0) is 27.8. The van der Waals surface area contributed by atoms with Crippen molar-refractivity contribution in [2.75, 3.05) is 56.9 Å². The van der Waals surface area contributed by atoms with E-state index in [2.05, 4.69) is 43.7 Å². The van der Waals surface area contributed by atoms with Crippen LogP contribution < -0.4 is 20.3 Å². The molecule has 0 atom stereocenters. The van der Waals surface area contributed by atoms with Gasteiger partial charge in [0.1, 0.15) is 5.75 Å². The predicted octanol–water partition coefficient (Wildman–Crippen LogP) is 4.23. The number of methoxy groups -OCH3 is 1. The van der Waals surface area contributed by atoms with E-state index in [0.29, 0.717) is 22.8 Å². The van der Waals surface area contributed by atoms with Crippen LogP contribution >= 0.6 is 0 Å². The highest BCUT2D eigenvalue weighted by Gasteiger charge is 2.17. The van der Waals surface area contributed by atoms with Crippen molar-refractivity contribution in [3.8, 4) is 5.75 Å². The van der Waals surface area contributed by atoms with Gasteiger partial charge in [0.15, 0.2) is 0 Å². The Morgan fingerprint density at radius 2 is 1.97 bits per heavy atom. The lowest BCUT2D eigenvalue weighted by atomic mass is 10.2. The first-order chi connectivity index (χ1) is 18.2. The van der Waals surface area contributed by atoms with E-state index in [1.54, 1.807) is 19.4 Å². The van der Waals surface area contributed by atoms with Crippen molar-refractivity contribution < 1.29 is 9.53 Å². The number of fused-ring (bicyclic) bond motifs is 1. The molecule has 3 aromatic rings. The number of hydrogen-bond donors (Lipinski definition) is 2. The van der Waals surface area contributed by atoms with Gasteiger partial charge >= 0.3 is 0 Å². The first kappa shape index (κ1) is 28.1. The first-order valence-corrected chi connectivity index (χ1v) is 12.1. The molecule has 10 heteroatoms. The van der Waals surface area contributed by atoms with Gasteiger partial charge in [0.25, 0.3) is 0 Å². The van der Waals surface area contributed by atoms with Crippen LogP contribution in [0.25, 0.3) is 16.7 Å². The third kappa shape index (κ3) is 6.46. The molecule has 0 aliphatic carbocycles. The summed E-state index contributed by atoms with van der Waals surface area (Å²) >= 11 is 0. The van der Waals surface area contributed by atoms with Gasteiger partial charge in [0, 0.05) is 51.2 Å². The van der Waals surface area contributed by atoms with Gasteiger partial charge in [-0.15, -0.1) is 0 Å². The Labute approximate surface area is 224 Å². The van der Waals surface area contributed by atoms with Gasteiger partial charge in [-0.3, -0.25) is 9.78 Å². The molecule has 0 unspecified atom stereocenters. The van der Waals surface area contributed by atoms with Gasteiger partial charge in [0.2, 0.25) is 11.9 Å². The number of aliphatic imine (C=N–C) groups is 2. The molecule has 3 rings (SSSR count). The molecule has 200 valence electrons. The Kier molecular flexibility index (Phi) is 9.39. The van der Waals surface area contributed by atoms with Crippen LogP contribution in [-0.2, 0) is 11.8 Å². The minimum absolute atomic E-state index is 0.263. The Balaban J connectivity index is 2.03. The SMILES string of the molecule is C=CC(=O)Nc1cc(N/C(N=C)=N/C(=C\C)c2cn(C)c3cccnc23)c(OC)cc1N(C)CCN(C)C. The standard InChI is InChI=1S/C28H36N8O2/c1-9-20(19-18-36(7)23-12-11-13-30-27(19)23)32-28(29-3)33-22-16-21(31-26(37)10-2)24(17-25(22)38-8)35(6)15-14-34(4)5/h9-13,16-18H,2-3,14-15H2,1,4-8H3,(H,31,37)(H,32,33)/b20-9-. The summed E-state index contributed by atoms with van der Waals surface area (Å²) in [5.74, 6) is 0.497. The van der Waals surface area contributed by atoms with Crippen LogP contribution in [0.15, 0.2) is 65.4 Å². The molecule has 0 spiro atoms. The highest BCUT2D eigenvalue weighted by atomic mass is 16.5. The fourth-order valence-corrected chi connectivity index (χ4v) is 3.92. The number of allylic oxidation sites excluding steroid dienone is 1. The van der Waals surface area contributed by atoms with Gasteiger partial charge in [-0.05, 0) is 52.0 Å². The van der Waals surface area contributed by atoms with Gasteiger partial charge in [0.05, 0.1) is 40.9 Å². The van der Waals surface area contributed by atoms with E-state index in [-0.39, 0.29) is 11.9 Å². The van der Waals surface area contributed by atoms with Crippen LogP contribution in [0.3, 0.4) is 0 Å². The average molecular weight is 517 g/mol. The fraction of sp³-hybridized carbons (Fsp3) is 0.286. The molecule has 0 bridgehead atoms. The lowest BCUT2D eigenvalue weighted by molar-refractivity contribution is -0.111. The second-order valence-corrected chi connectivity index (χ2v) is 8.91. The smallest absolute Gasteiger partial charge is 0.247 e. The lowest BCUT2D eigenvalue weighted by Gasteiger charge is -2.26. The minimum atomic E-state index is -0.321. The first-order valence-electron chi connectivity index (χ1n) is 12.1.